The first-order valence-electron chi connectivity index (χ1n) is 7.39. The lowest BCUT2D eigenvalue weighted by Gasteiger charge is -2.24. The van der Waals surface area contributed by atoms with Crippen molar-refractivity contribution in [1.82, 2.24) is 4.90 Å². The number of amides is 1. The van der Waals surface area contributed by atoms with Gasteiger partial charge in [-0.3, -0.25) is 9.59 Å². The van der Waals surface area contributed by atoms with Crippen LogP contribution in [-0.2, 0) is 14.3 Å². The molecule has 23 heavy (non-hydrogen) atoms. The zero-order valence-electron chi connectivity index (χ0n) is 13.5. The van der Waals surface area contributed by atoms with Gasteiger partial charge >= 0.3 is 5.97 Å². The molecule has 1 unspecified atom stereocenters. The summed E-state index contributed by atoms with van der Waals surface area (Å²) < 4.78 is 15.5. The maximum atomic E-state index is 12.1. The van der Waals surface area contributed by atoms with Crippen LogP contribution in [0.5, 0.6) is 11.5 Å². The normalized spacial score (nSPS) is 17.3. The number of thioether (sulfide) groups is 1. The van der Waals surface area contributed by atoms with Gasteiger partial charge in [-0.2, -0.15) is 0 Å². The molecular weight excluding hydrogens is 318 g/mol. The van der Waals surface area contributed by atoms with Gasteiger partial charge in [-0.05, 0) is 24.6 Å². The molecule has 0 aliphatic carbocycles. The lowest BCUT2D eigenvalue weighted by molar-refractivity contribution is -0.141. The van der Waals surface area contributed by atoms with Crippen LogP contribution < -0.4 is 9.47 Å². The van der Waals surface area contributed by atoms with E-state index in [4.69, 9.17) is 9.47 Å². The first kappa shape index (κ1) is 17.5. The van der Waals surface area contributed by atoms with E-state index in [1.807, 2.05) is 25.1 Å². The number of benzene rings is 1. The number of hydrogen-bond donors (Lipinski definition) is 0. The molecule has 1 aromatic carbocycles. The lowest BCUT2D eigenvalue weighted by atomic mass is 10.1. The molecule has 7 heteroatoms. The van der Waals surface area contributed by atoms with Gasteiger partial charge in [0.25, 0.3) is 0 Å². The molecule has 1 atom stereocenters. The smallest absolute Gasteiger partial charge is 0.307 e. The van der Waals surface area contributed by atoms with Crippen molar-refractivity contribution in [3.05, 3.63) is 23.8 Å². The maximum absolute atomic E-state index is 12.1. The van der Waals surface area contributed by atoms with E-state index >= 15 is 0 Å². The molecule has 1 amide bonds. The van der Waals surface area contributed by atoms with Crippen LogP contribution in [0.3, 0.4) is 0 Å². The summed E-state index contributed by atoms with van der Waals surface area (Å²) in [6.45, 7) is 2.78. The Morgan fingerprint density at radius 3 is 2.78 bits per heavy atom. The minimum atomic E-state index is -0.321. The molecule has 0 aromatic heterocycles. The Kier molecular flexibility index (Phi) is 6.15. The summed E-state index contributed by atoms with van der Waals surface area (Å²) in [6.07, 6.45) is 0.188. The number of rotatable bonds is 7. The fourth-order valence-electron chi connectivity index (χ4n) is 2.40. The third-order valence-electron chi connectivity index (χ3n) is 3.53. The third-order valence-corrected chi connectivity index (χ3v) is 4.78. The van der Waals surface area contributed by atoms with Crippen LogP contribution in [0.15, 0.2) is 18.2 Å². The van der Waals surface area contributed by atoms with Crippen LogP contribution in [0, 0.1) is 0 Å². The van der Waals surface area contributed by atoms with E-state index < -0.39 is 0 Å². The summed E-state index contributed by atoms with van der Waals surface area (Å²) in [4.78, 5) is 25.1. The predicted octanol–water partition coefficient (Wildman–Crippen LogP) is 2.23. The molecule has 1 aromatic rings. The van der Waals surface area contributed by atoms with Crippen molar-refractivity contribution in [2.75, 3.05) is 33.1 Å². The van der Waals surface area contributed by atoms with Gasteiger partial charge in [-0.15, -0.1) is 11.8 Å². The number of carbonyl (C=O) groups is 2. The zero-order valence-corrected chi connectivity index (χ0v) is 14.4. The predicted molar refractivity (Wildman–Crippen MR) is 87.7 cm³/mol. The van der Waals surface area contributed by atoms with Gasteiger partial charge in [0.15, 0.2) is 11.5 Å². The topological polar surface area (TPSA) is 65.1 Å². The molecule has 1 heterocycles. The van der Waals surface area contributed by atoms with Gasteiger partial charge in [0.2, 0.25) is 5.91 Å². The molecule has 1 aliphatic heterocycles. The minimum absolute atomic E-state index is 0.0256. The van der Waals surface area contributed by atoms with Crippen LogP contribution in [-0.4, -0.2) is 49.9 Å². The second-order valence-electron chi connectivity index (χ2n) is 4.92. The Hall–Kier alpha value is -1.89. The van der Waals surface area contributed by atoms with E-state index in [1.54, 1.807) is 12.0 Å². The maximum Gasteiger partial charge on any atom is 0.307 e. The highest BCUT2D eigenvalue weighted by atomic mass is 32.2. The van der Waals surface area contributed by atoms with Crippen molar-refractivity contribution in [1.29, 1.82) is 0 Å². The molecule has 0 bridgehead atoms. The van der Waals surface area contributed by atoms with Gasteiger partial charge in [0, 0.05) is 6.54 Å². The van der Waals surface area contributed by atoms with Crippen LogP contribution >= 0.6 is 11.8 Å². The summed E-state index contributed by atoms with van der Waals surface area (Å²) in [5.41, 5.74) is 0.954. The van der Waals surface area contributed by atoms with Crippen molar-refractivity contribution in [2.45, 2.75) is 18.7 Å². The number of esters is 1. The number of nitrogens with zero attached hydrogens (tertiary/aromatic N) is 1. The third kappa shape index (κ3) is 4.10. The van der Waals surface area contributed by atoms with Crippen LogP contribution in [0.1, 0.15) is 24.3 Å². The Morgan fingerprint density at radius 1 is 1.35 bits per heavy atom. The Labute approximate surface area is 140 Å². The highest BCUT2D eigenvalue weighted by molar-refractivity contribution is 8.00. The number of methoxy groups -OCH3 is 2. The van der Waals surface area contributed by atoms with Gasteiger partial charge in [0.1, 0.15) is 5.37 Å². The van der Waals surface area contributed by atoms with E-state index in [0.29, 0.717) is 30.4 Å². The Balaban J connectivity index is 2.19. The van der Waals surface area contributed by atoms with Crippen molar-refractivity contribution in [3.63, 3.8) is 0 Å². The van der Waals surface area contributed by atoms with E-state index in [2.05, 4.69) is 4.74 Å². The van der Waals surface area contributed by atoms with Gasteiger partial charge in [0.05, 0.1) is 33.0 Å². The van der Waals surface area contributed by atoms with Crippen LogP contribution in [0.4, 0.5) is 0 Å². The van der Waals surface area contributed by atoms with E-state index in [-0.39, 0.29) is 23.7 Å². The first-order chi connectivity index (χ1) is 11.1. The van der Waals surface area contributed by atoms with Gasteiger partial charge in [-0.25, -0.2) is 0 Å². The first-order valence-corrected chi connectivity index (χ1v) is 8.44. The number of carbonyl (C=O) groups excluding carboxylic acids is 2. The molecule has 6 nitrogen and oxygen atoms in total. The van der Waals surface area contributed by atoms with Gasteiger partial charge < -0.3 is 19.1 Å². The molecule has 1 fully saturated rings. The summed E-state index contributed by atoms with van der Waals surface area (Å²) in [6, 6.07) is 5.65. The van der Waals surface area contributed by atoms with Gasteiger partial charge in [-0.1, -0.05) is 6.07 Å². The molecule has 0 N–H and O–H groups in total. The molecule has 126 valence electrons. The monoisotopic (exact) mass is 339 g/mol. The summed E-state index contributed by atoms with van der Waals surface area (Å²) in [7, 11) is 2.94. The number of hydrogen-bond acceptors (Lipinski definition) is 6. The molecule has 0 spiro atoms. The van der Waals surface area contributed by atoms with Crippen LogP contribution in [0.2, 0.25) is 0 Å². The number of ether oxygens (including phenoxy) is 3. The summed E-state index contributed by atoms with van der Waals surface area (Å²) in [5.74, 6) is 1.42. The average Bonchev–Trinajstić information content (AvgIpc) is 2.93. The van der Waals surface area contributed by atoms with E-state index in [1.165, 1.54) is 18.9 Å². The second kappa shape index (κ2) is 8.10. The summed E-state index contributed by atoms with van der Waals surface area (Å²) in [5, 5.41) is -0.128. The van der Waals surface area contributed by atoms with Crippen molar-refractivity contribution >= 4 is 23.6 Å². The standard InChI is InChI=1S/C16H21NO5S/c1-4-22-13-9-11(5-6-12(13)20-2)16-17(14(18)10-23-16)8-7-15(19)21-3/h5-6,9,16H,4,7-8,10H2,1-3H3. The van der Waals surface area contributed by atoms with Crippen molar-refractivity contribution in [2.24, 2.45) is 0 Å². The second-order valence-corrected chi connectivity index (χ2v) is 5.99. The minimum Gasteiger partial charge on any atom is -0.493 e. The fraction of sp³-hybridized carbons (Fsp3) is 0.500. The quantitative estimate of drug-likeness (QED) is 0.710. The van der Waals surface area contributed by atoms with E-state index in [9.17, 15) is 9.59 Å². The molecule has 0 radical (unpaired) electrons. The largest absolute Gasteiger partial charge is 0.493 e. The van der Waals surface area contributed by atoms with Crippen molar-refractivity contribution < 1.29 is 23.8 Å². The average molecular weight is 339 g/mol. The SMILES string of the molecule is CCOc1cc(C2SCC(=O)N2CCC(=O)OC)ccc1OC. The summed E-state index contributed by atoms with van der Waals surface area (Å²) >= 11 is 1.54. The highest BCUT2D eigenvalue weighted by Crippen LogP contribution is 2.41. The highest BCUT2D eigenvalue weighted by Gasteiger charge is 2.33. The lowest BCUT2D eigenvalue weighted by Crippen LogP contribution is -2.30. The Bertz CT molecular complexity index is 578. The van der Waals surface area contributed by atoms with E-state index in [0.717, 1.165) is 5.56 Å². The van der Waals surface area contributed by atoms with Crippen LogP contribution in [0.25, 0.3) is 0 Å². The molecule has 1 saturated heterocycles. The molecule has 2 rings (SSSR count). The van der Waals surface area contributed by atoms with Crippen molar-refractivity contribution in [3.8, 4) is 11.5 Å². The Morgan fingerprint density at radius 2 is 2.13 bits per heavy atom. The molecular formula is C16H21NO5S. The molecule has 1 aliphatic rings. The molecule has 0 saturated carbocycles. The fourth-order valence-corrected chi connectivity index (χ4v) is 3.61. The zero-order chi connectivity index (χ0) is 16.8.